The summed E-state index contributed by atoms with van der Waals surface area (Å²) in [5.74, 6) is 0.467. The van der Waals surface area contributed by atoms with Gasteiger partial charge in [0.05, 0.1) is 35.7 Å². The number of allylic oxidation sites excluding steroid dienone is 1. The van der Waals surface area contributed by atoms with Crippen molar-refractivity contribution in [1.29, 1.82) is 0 Å². The quantitative estimate of drug-likeness (QED) is 0.452. The third-order valence-corrected chi connectivity index (χ3v) is 4.77. The Morgan fingerprint density at radius 1 is 1.18 bits per heavy atom. The van der Waals surface area contributed by atoms with E-state index in [2.05, 4.69) is 0 Å². The Kier molecular flexibility index (Phi) is 5.26. The molecule has 0 atom stereocenters. The lowest BCUT2D eigenvalue weighted by molar-refractivity contribution is 0.0177. The number of fused-ring (bicyclic) bond motifs is 2. The molecule has 5 nitrogen and oxygen atoms in total. The van der Waals surface area contributed by atoms with E-state index in [-0.39, 0.29) is 18.7 Å². The third-order valence-electron chi connectivity index (χ3n) is 4.77. The summed E-state index contributed by atoms with van der Waals surface area (Å²) in [5, 5.41) is 0.829. The van der Waals surface area contributed by atoms with Crippen LogP contribution in [0.15, 0.2) is 47.1 Å². The van der Waals surface area contributed by atoms with Crippen LogP contribution in [0.5, 0.6) is 0 Å². The lowest BCUT2D eigenvalue weighted by Gasteiger charge is -2.13. The zero-order chi connectivity index (χ0) is 19.5. The first kappa shape index (κ1) is 18.4. The molecular formula is C23H23NO4. The van der Waals surface area contributed by atoms with E-state index in [0.29, 0.717) is 12.2 Å². The molecule has 2 aromatic heterocycles. The van der Waals surface area contributed by atoms with Crippen LogP contribution in [0.25, 0.3) is 22.6 Å². The number of carbonyl (C=O) groups excluding carboxylic acids is 1. The van der Waals surface area contributed by atoms with Crippen LogP contribution in [0.4, 0.5) is 0 Å². The van der Waals surface area contributed by atoms with Crippen molar-refractivity contribution in [2.75, 3.05) is 13.2 Å². The fraction of sp³-hybridized carbons (Fsp3) is 0.304. The van der Waals surface area contributed by atoms with Crippen LogP contribution in [-0.4, -0.2) is 30.3 Å². The predicted octanol–water partition coefficient (Wildman–Crippen LogP) is 4.90. The Labute approximate surface area is 164 Å². The van der Waals surface area contributed by atoms with Crippen molar-refractivity contribution in [1.82, 2.24) is 4.98 Å². The maximum Gasteiger partial charge on any atom is 0.339 e. The molecule has 0 fully saturated rings. The fourth-order valence-electron chi connectivity index (χ4n) is 3.55. The minimum absolute atomic E-state index is 0.110. The highest BCUT2D eigenvalue weighted by Crippen LogP contribution is 2.37. The highest BCUT2D eigenvalue weighted by molar-refractivity contribution is 6.07. The van der Waals surface area contributed by atoms with Crippen LogP contribution in [0.2, 0.25) is 0 Å². The number of rotatable bonds is 6. The van der Waals surface area contributed by atoms with Crippen molar-refractivity contribution in [3.8, 4) is 0 Å². The summed E-state index contributed by atoms with van der Waals surface area (Å²) in [6, 6.07) is 11.5. The molecule has 1 aliphatic rings. The van der Waals surface area contributed by atoms with Crippen molar-refractivity contribution in [3.05, 3.63) is 65.2 Å². The first-order chi connectivity index (χ1) is 13.6. The van der Waals surface area contributed by atoms with Gasteiger partial charge in [-0.05, 0) is 62.1 Å². The Morgan fingerprint density at radius 3 is 2.82 bits per heavy atom. The highest BCUT2D eigenvalue weighted by Gasteiger charge is 2.27. The molecule has 28 heavy (non-hydrogen) atoms. The van der Waals surface area contributed by atoms with Gasteiger partial charge in [-0.25, -0.2) is 9.78 Å². The van der Waals surface area contributed by atoms with Crippen molar-refractivity contribution in [2.45, 2.75) is 32.8 Å². The number of esters is 1. The van der Waals surface area contributed by atoms with Crippen LogP contribution in [0.1, 0.15) is 47.6 Å². The van der Waals surface area contributed by atoms with Gasteiger partial charge >= 0.3 is 5.97 Å². The van der Waals surface area contributed by atoms with Crippen LogP contribution < -0.4 is 0 Å². The normalized spacial score (nSPS) is 14.8. The summed E-state index contributed by atoms with van der Waals surface area (Å²) in [6.45, 7) is 4.53. The largest absolute Gasteiger partial charge is 0.465 e. The van der Waals surface area contributed by atoms with E-state index in [1.165, 1.54) is 0 Å². The van der Waals surface area contributed by atoms with E-state index in [1.54, 1.807) is 6.26 Å². The van der Waals surface area contributed by atoms with Crippen molar-refractivity contribution >= 4 is 28.5 Å². The van der Waals surface area contributed by atoms with Crippen LogP contribution in [0.3, 0.4) is 0 Å². The van der Waals surface area contributed by atoms with Gasteiger partial charge in [0.1, 0.15) is 12.4 Å². The van der Waals surface area contributed by atoms with Crippen LogP contribution >= 0.6 is 0 Å². The van der Waals surface area contributed by atoms with E-state index < -0.39 is 0 Å². The zero-order valence-corrected chi connectivity index (χ0v) is 16.1. The standard InChI is InChI=1S/C23H23NO4/c1-15(2)26-12-13-28-23(25)21-18-7-3-4-8-20(18)24-22-16(9-10-19(21)22)14-17-6-5-11-27-17/h3-8,11,14-15H,9-10,12-13H2,1-2H3/b16-14-. The molecule has 1 aromatic carbocycles. The van der Waals surface area contributed by atoms with Gasteiger partial charge in [-0.1, -0.05) is 18.2 Å². The number of pyridine rings is 1. The number of hydrogen-bond donors (Lipinski definition) is 0. The number of benzene rings is 1. The average molecular weight is 377 g/mol. The lowest BCUT2D eigenvalue weighted by Crippen LogP contribution is -2.15. The number of para-hydroxylation sites is 1. The Morgan fingerprint density at radius 2 is 2.04 bits per heavy atom. The molecule has 0 amide bonds. The Balaban J connectivity index is 1.71. The van der Waals surface area contributed by atoms with Crippen molar-refractivity contribution < 1.29 is 18.7 Å². The molecule has 0 radical (unpaired) electrons. The molecule has 0 unspecified atom stereocenters. The van der Waals surface area contributed by atoms with Gasteiger partial charge < -0.3 is 13.9 Å². The van der Waals surface area contributed by atoms with Crippen molar-refractivity contribution in [3.63, 3.8) is 0 Å². The van der Waals surface area contributed by atoms with E-state index in [0.717, 1.165) is 46.3 Å². The van der Waals surface area contributed by atoms with Crippen molar-refractivity contribution in [2.24, 2.45) is 0 Å². The van der Waals surface area contributed by atoms with Gasteiger partial charge in [0.15, 0.2) is 0 Å². The molecular weight excluding hydrogens is 354 g/mol. The minimum Gasteiger partial charge on any atom is -0.465 e. The van der Waals surface area contributed by atoms with Gasteiger partial charge in [0.2, 0.25) is 0 Å². The molecule has 5 heteroatoms. The number of ether oxygens (including phenoxy) is 2. The zero-order valence-electron chi connectivity index (χ0n) is 16.1. The summed E-state index contributed by atoms with van der Waals surface area (Å²) in [7, 11) is 0. The van der Waals surface area contributed by atoms with Crippen LogP contribution in [-0.2, 0) is 15.9 Å². The van der Waals surface area contributed by atoms with E-state index in [1.807, 2.05) is 56.3 Å². The smallest absolute Gasteiger partial charge is 0.339 e. The topological polar surface area (TPSA) is 61.6 Å². The number of furan rings is 1. The summed E-state index contributed by atoms with van der Waals surface area (Å²) in [6.07, 6.45) is 5.33. The molecule has 3 aromatic rings. The van der Waals surface area contributed by atoms with E-state index in [9.17, 15) is 4.79 Å². The lowest BCUT2D eigenvalue weighted by atomic mass is 10.0. The Hall–Kier alpha value is -2.92. The first-order valence-electron chi connectivity index (χ1n) is 9.58. The molecule has 0 bridgehead atoms. The van der Waals surface area contributed by atoms with Gasteiger partial charge in [-0.15, -0.1) is 0 Å². The molecule has 144 valence electrons. The average Bonchev–Trinajstić information content (AvgIpc) is 3.34. The molecule has 1 aliphatic carbocycles. The second-order valence-corrected chi connectivity index (χ2v) is 7.07. The maximum atomic E-state index is 12.9. The second kappa shape index (κ2) is 7.98. The number of nitrogens with zero attached hydrogens (tertiary/aromatic N) is 1. The third kappa shape index (κ3) is 3.71. The molecule has 4 rings (SSSR count). The van der Waals surface area contributed by atoms with Gasteiger partial charge in [0, 0.05) is 5.39 Å². The maximum absolute atomic E-state index is 12.9. The van der Waals surface area contributed by atoms with E-state index in [4.69, 9.17) is 18.9 Å². The number of carbonyl (C=O) groups is 1. The molecule has 0 aliphatic heterocycles. The molecule has 0 saturated carbocycles. The number of aromatic nitrogens is 1. The summed E-state index contributed by atoms with van der Waals surface area (Å²) in [5.41, 5.74) is 4.30. The second-order valence-electron chi connectivity index (χ2n) is 7.07. The SMILES string of the molecule is CC(C)OCCOC(=O)c1c2c(nc3ccccc13)/C(=C\c1ccco1)CC2. The van der Waals surface area contributed by atoms with Gasteiger partial charge in [0.25, 0.3) is 0 Å². The molecule has 0 N–H and O–H groups in total. The highest BCUT2D eigenvalue weighted by atomic mass is 16.6. The fourth-order valence-corrected chi connectivity index (χ4v) is 3.55. The predicted molar refractivity (Wildman–Crippen MR) is 108 cm³/mol. The first-order valence-corrected chi connectivity index (χ1v) is 9.58. The number of hydrogen-bond acceptors (Lipinski definition) is 5. The van der Waals surface area contributed by atoms with E-state index >= 15 is 0 Å². The van der Waals surface area contributed by atoms with Gasteiger partial charge in [-0.2, -0.15) is 0 Å². The monoisotopic (exact) mass is 377 g/mol. The Bertz CT molecular complexity index is 1020. The molecule has 0 saturated heterocycles. The summed E-state index contributed by atoms with van der Waals surface area (Å²) in [4.78, 5) is 17.8. The summed E-state index contributed by atoms with van der Waals surface area (Å²) < 4.78 is 16.4. The van der Waals surface area contributed by atoms with Gasteiger partial charge in [-0.3, -0.25) is 0 Å². The van der Waals surface area contributed by atoms with Crippen LogP contribution in [0, 0.1) is 0 Å². The summed E-state index contributed by atoms with van der Waals surface area (Å²) >= 11 is 0. The minimum atomic E-state index is -0.318. The molecule has 0 spiro atoms. The molecule has 2 heterocycles.